The van der Waals surface area contributed by atoms with Crippen LogP contribution in [0.2, 0.25) is 0 Å². The summed E-state index contributed by atoms with van der Waals surface area (Å²) >= 11 is 0. The van der Waals surface area contributed by atoms with Gasteiger partial charge in [0.2, 0.25) is 0 Å². The average molecular weight is 385 g/mol. The van der Waals surface area contributed by atoms with Crippen LogP contribution in [-0.2, 0) is 6.54 Å². The van der Waals surface area contributed by atoms with Crippen LogP contribution in [0.4, 0.5) is 10.1 Å². The van der Waals surface area contributed by atoms with Gasteiger partial charge in [-0.3, -0.25) is 5.01 Å². The van der Waals surface area contributed by atoms with Crippen molar-refractivity contribution in [3.8, 4) is 22.9 Å². The largest absolute Gasteiger partial charge is 0.508 e. The summed E-state index contributed by atoms with van der Waals surface area (Å²) in [7, 11) is 0. The van der Waals surface area contributed by atoms with E-state index in [0.717, 1.165) is 16.8 Å². The molecule has 0 aliphatic heterocycles. The summed E-state index contributed by atoms with van der Waals surface area (Å²) in [5.74, 6) is -0.136. The Labute approximate surface area is 166 Å². The molecule has 29 heavy (non-hydrogen) atoms. The van der Waals surface area contributed by atoms with Gasteiger partial charge in [-0.05, 0) is 53.6 Å². The third-order valence-electron chi connectivity index (χ3n) is 4.53. The van der Waals surface area contributed by atoms with Crippen molar-refractivity contribution >= 4 is 5.69 Å². The van der Waals surface area contributed by atoms with Crippen molar-refractivity contribution in [1.29, 1.82) is 5.26 Å². The van der Waals surface area contributed by atoms with Crippen LogP contribution >= 0.6 is 0 Å². The first-order valence-electron chi connectivity index (χ1n) is 8.84. The molecule has 0 saturated heterocycles. The minimum atomic E-state index is -0.332. The van der Waals surface area contributed by atoms with Gasteiger partial charge in [-0.15, -0.1) is 10.2 Å². The number of rotatable bonds is 5. The van der Waals surface area contributed by atoms with Crippen LogP contribution in [0.15, 0.2) is 79.4 Å². The molecule has 0 radical (unpaired) electrons. The lowest BCUT2D eigenvalue weighted by Crippen LogP contribution is -2.27. The fourth-order valence-electron chi connectivity index (χ4n) is 3.06. The topological polar surface area (TPSA) is 78.0 Å². The molecule has 7 heteroatoms. The van der Waals surface area contributed by atoms with E-state index in [4.69, 9.17) is 0 Å². The number of aromatic nitrogens is 3. The number of nitriles is 1. The first-order chi connectivity index (χ1) is 14.1. The quantitative estimate of drug-likeness (QED) is 0.559. The highest BCUT2D eigenvalue weighted by Crippen LogP contribution is 2.30. The molecule has 0 bridgehead atoms. The average Bonchev–Trinajstić information content (AvgIpc) is 3.28. The third kappa shape index (κ3) is 3.92. The summed E-state index contributed by atoms with van der Waals surface area (Å²) in [5, 5.41) is 28.8. The molecule has 0 aliphatic carbocycles. The summed E-state index contributed by atoms with van der Waals surface area (Å²) in [6.45, 7) is 0.479. The molecule has 142 valence electrons. The van der Waals surface area contributed by atoms with E-state index in [9.17, 15) is 14.8 Å². The van der Waals surface area contributed by atoms with Crippen molar-refractivity contribution in [1.82, 2.24) is 14.9 Å². The van der Waals surface area contributed by atoms with Gasteiger partial charge in [-0.25, -0.2) is 9.07 Å². The van der Waals surface area contributed by atoms with Gasteiger partial charge in [0, 0.05) is 5.56 Å². The van der Waals surface area contributed by atoms with Crippen molar-refractivity contribution in [2.24, 2.45) is 0 Å². The van der Waals surface area contributed by atoms with Crippen molar-refractivity contribution in [2.45, 2.75) is 6.54 Å². The van der Waals surface area contributed by atoms with Crippen LogP contribution in [0, 0.1) is 17.1 Å². The van der Waals surface area contributed by atoms with Crippen molar-refractivity contribution in [3.63, 3.8) is 0 Å². The molecule has 4 aromatic rings. The highest BCUT2D eigenvalue weighted by atomic mass is 19.1. The number of aromatic hydroxyl groups is 1. The smallest absolute Gasteiger partial charge is 0.139 e. The Balaban J connectivity index is 1.78. The van der Waals surface area contributed by atoms with Crippen molar-refractivity contribution in [2.75, 3.05) is 5.01 Å². The Morgan fingerprint density at radius 3 is 2.31 bits per heavy atom. The highest BCUT2D eigenvalue weighted by molar-refractivity contribution is 5.74. The molecule has 0 spiro atoms. The summed E-state index contributed by atoms with van der Waals surface area (Å²) in [5.41, 5.74) is 3.71. The molecule has 0 fully saturated rings. The number of halogens is 1. The second kappa shape index (κ2) is 7.82. The molecular weight excluding hydrogens is 369 g/mol. The number of hydrogen-bond acceptors (Lipinski definition) is 5. The molecule has 0 amide bonds. The predicted octanol–water partition coefficient (Wildman–Crippen LogP) is 4.13. The van der Waals surface area contributed by atoms with E-state index in [1.165, 1.54) is 12.1 Å². The molecule has 1 N–H and O–H groups in total. The normalized spacial score (nSPS) is 10.5. The van der Waals surface area contributed by atoms with Crippen LogP contribution in [-0.4, -0.2) is 20.0 Å². The Kier molecular flexibility index (Phi) is 4.91. The monoisotopic (exact) mass is 385 g/mol. The number of benzene rings is 3. The molecule has 6 nitrogen and oxygen atoms in total. The van der Waals surface area contributed by atoms with E-state index in [1.54, 1.807) is 47.7 Å². The summed E-state index contributed by atoms with van der Waals surface area (Å²) in [6, 6.07) is 20.6. The summed E-state index contributed by atoms with van der Waals surface area (Å²) in [4.78, 5) is 0. The minimum absolute atomic E-state index is 0.196. The molecule has 0 saturated carbocycles. The van der Waals surface area contributed by atoms with Gasteiger partial charge in [0.25, 0.3) is 0 Å². The molecule has 3 aromatic carbocycles. The van der Waals surface area contributed by atoms with E-state index in [-0.39, 0.29) is 11.6 Å². The molecule has 0 atom stereocenters. The summed E-state index contributed by atoms with van der Waals surface area (Å²) < 4.78 is 15.1. The standard InChI is InChI=1S/C22H16FN5O/c23-19-6-3-17(4-7-19)22-11-20(8-5-18(22)12-24)28(27-14-25-26-15-27)13-16-1-9-21(29)10-2-16/h1-11,14-15,29H,13H2. The van der Waals surface area contributed by atoms with Crippen LogP contribution in [0.25, 0.3) is 11.1 Å². The molecule has 1 heterocycles. The predicted molar refractivity (Wildman–Crippen MR) is 106 cm³/mol. The SMILES string of the molecule is N#Cc1ccc(N(Cc2ccc(O)cc2)n2cnnc2)cc1-c1ccc(F)cc1. The minimum Gasteiger partial charge on any atom is -0.508 e. The highest BCUT2D eigenvalue weighted by Gasteiger charge is 2.14. The van der Waals surface area contributed by atoms with Gasteiger partial charge in [0.15, 0.2) is 0 Å². The van der Waals surface area contributed by atoms with E-state index in [0.29, 0.717) is 17.7 Å². The molecular formula is C22H16FN5O. The van der Waals surface area contributed by atoms with Crippen molar-refractivity contribution < 1.29 is 9.50 Å². The number of anilines is 1. The number of hydrogen-bond donors (Lipinski definition) is 1. The molecule has 0 aliphatic rings. The zero-order valence-corrected chi connectivity index (χ0v) is 15.3. The first kappa shape index (κ1) is 18.2. The Bertz CT molecular complexity index is 1150. The van der Waals surface area contributed by atoms with E-state index in [2.05, 4.69) is 16.3 Å². The van der Waals surface area contributed by atoms with Crippen LogP contribution in [0.3, 0.4) is 0 Å². The molecule has 4 rings (SSSR count). The Morgan fingerprint density at radius 1 is 0.966 bits per heavy atom. The second-order valence-electron chi connectivity index (χ2n) is 6.41. The zero-order chi connectivity index (χ0) is 20.2. The molecule has 0 unspecified atom stereocenters. The summed E-state index contributed by atoms with van der Waals surface area (Å²) in [6.07, 6.45) is 3.16. The maximum Gasteiger partial charge on any atom is 0.139 e. The first-order valence-corrected chi connectivity index (χ1v) is 8.84. The van der Waals surface area contributed by atoms with E-state index >= 15 is 0 Å². The van der Waals surface area contributed by atoms with Crippen LogP contribution < -0.4 is 5.01 Å². The second-order valence-corrected chi connectivity index (χ2v) is 6.41. The number of nitrogens with zero attached hydrogens (tertiary/aromatic N) is 5. The third-order valence-corrected chi connectivity index (χ3v) is 4.53. The lowest BCUT2D eigenvalue weighted by atomic mass is 9.99. The maximum atomic E-state index is 13.3. The van der Waals surface area contributed by atoms with E-state index in [1.807, 2.05) is 29.3 Å². The van der Waals surface area contributed by atoms with Crippen LogP contribution in [0.1, 0.15) is 11.1 Å². The fraction of sp³-hybridized carbons (Fsp3) is 0.0455. The molecule has 1 aromatic heterocycles. The van der Waals surface area contributed by atoms with Crippen LogP contribution in [0.5, 0.6) is 5.75 Å². The maximum absolute atomic E-state index is 13.3. The lowest BCUT2D eigenvalue weighted by Gasteiger charge is -2.26. The van der Waals surface area contributed by atoms with Gasteiger partial charge in [-0.2, -0.15) is 5.26 Å². The zero-order valence-electron chi connectivity index (χ0n) is 15.3. The van der Waals surface area contributed by atoms with E-state index < -0.39 is 0 Å². The van der Waals surface area contributed by atoms with Gasteiger partial charge >= 0.3 is 0 Å². The van der Waals surface area contributed by atoms with Gasteiger partial charge < -0.3 is 5.11 Å². The Hall–Kier alpha value is -4.18. The van der Waals surface area contributed by atoms with Gasteiger partial charge in [-0.1, -0.05) is 24.3 Å². The Morgan fingerprint density at radius 2 is 1.66 bits per heavy atom. The fourth-order valence-corrected chi connectivity index (χ4v) is 3.06. The lowest BCUT2D eigenvalue weighted by molar-refractivity contribution is 0.475. The van der Waals surface area contributed by atoms with Gasteiger partial charge in [0.05, 0.1) is 23.9 Å². The number of phenolic OH excluding ortho intramolecular Hbond substituents is 1. The van der Waals surface area contributed by atoms with Crippen molar-refractivity contribution in [3.05, 3.63) is 96.3 Å². The number of phenols is 1. The van der Waals surface area contributed by atoms with Gasteiger partial charge in [0.1, 0.15) is 24.2 Å².